The molecule has 3 heterocycles. The van der Waals surface area contributed by atoms with Crippen LogP contribution in [0.1, 0.15) is 46.9 Å². The molecule has 6 nitrogen and oxygen atoms in total. The molecule has 28 heavy (non-hydrogen) atoms. The van der Waals surface area contributed by atoms with Crippen LogP contribution < -0.4 is 15.8 Å². The van der Waals surface area contributed by atoms with Gasteiger partial charge in [-0.1, -0.05) is 18.2 Å². The van der Waals surface area contributed by atoms with Crippen LogP contribution in [0.5, 0.6) is 0 Å². The molecular weight excluding hydrogens is 356 g/mol. The third kappa shape index (κ3) is 3.97. The summed E-state index contributed by atoms with van der Waals surface area (Å²) in [6.07, 6.45) is 2.53. The van der Waals surface area contributed by atoms with E-state index >= 15 is 0 Å². The van der Waals surface area contributed by atoms with E-state index in [1.807, 2.05) is 24.3 Å². The van der Waals surface area contributed by atoms with Crippen molar-refractivity contribution in [2.75, 3.05) is 31.2 Å². The van der Waals surface area contributed by atoms with Crippen molar-refractivity contribution in [2.24, 2.45) is 0 Å². The molecule has 2 aromatic rings. The van der Waals surface area contributed by atoms with Crippen LogP contribution in [0.3, 0.4) is 0 Å². The SMILES string of the molecule is Cc1cc(C2CCOCC2)oc(=O)c1C(=O)NC1CCN(c2ccccc2)C1. The largest absolute Gasteiger partial charge is 0.427 e. The van der Waals surface area contributed by atoms with E-state index in [1.165, 1.54) is 0 Å². The van der Waals surface area contributed by atoms with Gasteiger partial charge in [0.15, 0.2) is 0 Å². The van der Waals surface area contributed by atoms with Gasteiger partial charge in [0.25, 0.3) is 5.91 Å². The molecule has 1 amide bonds. The highest BCUT2D eigenvalue weighted by Crippen LogP contribution is 2.27. The molecule has 0 radical (unpaired) electrons. The monoisotopic (exact) mass is 382 g/mol. The van der Waals surface area contributed by atoms with Gasteiger partial charge in [-0.05, 0) is 49.9 Å². The number of rotatable bonds is 4. The maximum absolute atomic E-state index is 12.8. The van der Waals surface area contributed by atoms with E-state index in [0.29, 0.717) is 24.5 Å². The van der Waals surface area contributed by atoms with Crippen LogP contribution in [0.2, 0.25) is 0 Å². The number of anilines is 1. The minimum absolute atomic E-state index is 0.0154. The van der Waals surface area contributed by atoms with Crippen LogP contribution >= 0.6 is 0 Å². The Morgan fingerprint density at radius 3 is 2.61 bits per heavy atom. The van der Waals surface area contributed by atoms with Gasteiger partial charge < -0.3 is 19.4 Å². The van der Waals surface area contributed by atoms with Crippen molar-refractivity contribution in [2.45, 2.75) is 38.1 Å². The summed E-state index contributed by atoms with van der Waals surface area (Å²) < 4.78 is 10.9. The standard InChI is InChI=1S/C22H26N2O4/c1-15-13-19(16-8-11-27-12-9-16)28-22(26)20(15)21(25)23-17-7-10-24(14-17)18-5-3-2-4-6-18/h2-6,13,16-17H,7-12,14H2,1H3,(H,23,25). The van der Waals surface area contributed by atoms with Gasteiger partial charge in [0.2, 0.25) is 0 Å². The number of para-hydroxylation sites is 1. The lowest BCUT2D eigenvalue weighted by Crippen LogP contribution is -2.39. The normalized spacial score (nSPS) is 20.3. The van der Waals surface area contributed by atoms with Crippen molar-refractivity contribution in [3.63, 3.8) is 0 Å². The summed E-state index contributed by atoms with van der Waals surface area (Å²) in [6, 6.07) is 12.0. The first-order valence-corrected chi connectivity index (χ1v) is 9.95. The van der Waals surface area contributed by atoms with E-state index in [9.17, 15) is 9.59 Å². The Kier molecular flexibility index (Phi) is 5.48. The Labute approximate surface area is 164 Å². The van der Waals surface area contributed by atoms with E-state index in [0.717, 1.165) is 38.0 Å². The van der Waals surface area contributed by atoms with E-state index in [-0.39, 0.29) is 23.4 Å². The maximum Gasteiger partial charge on any atom is 0.349 e. The predicted molar refractivity (Wildman–Crippen MR) is 107 cm³/mol. The van der Waals surface area contributed by atoms with Crippen molar-refractivity contribution in [3.05, 3.63) is 63.7 Å². The Bertz CT molecular complexity index is 887. The number of amides is 1. The quantitative estimate of drug-likeness (QED) is 0.880. The smallest absolute Gasteiger partial charge is 0.349 e. The van der Waals surface area contributed by atoms with E-state index in [1.54, 1.807) is 6.92 Å². The van der Waals surface area contributed by atoms with E-state index < -0.39 is 5.63 Å². The minimum atomic E-state index is -0.545. The summed E-state index contributed by atoms with van der Waals surface area (Å²) in [5.41, 5.74) is 1.40. The Balaban J connectivity index is 1.44. The zero-order chi connectivity index (χ0) is 19.5. The lowest BCUT2D eigenvalue weighted by Gasteiger charge is -2.21. The lowest BCUT2D eigenvalue weighted by atomic mass is 9.95. The number of carbonyl (C=O) groups excluding carboxylic acids is 1. The summed E-state index contributed by atoms with van der Waals surface area (Å²) >= 11 is 0. The second kappa shape index (κ2) is 8.19. The predicted octanol–water partition coefficient (Wildman–Crippen LogP) is 2.85. The fourth-order valence-electron chi connectivity index (χ4n) is 4.10. The molecule has 0 bridgehead atoms. The Morgan fingerprint density at radius 1 is 1.14 bits per heavy atom. The molecule has 0 aliphatic carbocycles. The number of benzene rings is 1. The topological polar surface area (TPSA) is 71.8 Å². The van der Waals surface area contributed by atoms with Crippen LogP contribution in [-0.2, 0) is 4.74 Å². The van der Waals surface area contributed by atoms with Crippen molar-refractivity contribution < 1.29 is 13.9 Å². The first-order chi connectivity index (χ1) is 13.6. The molecule has 148 valence electrons. The van der Waals surface area contributed by atoms with Gasteiger partial charge in [-0.15, -0.1) is 0 Å². The molecule has 1 unspecified atom stereocenters. The van der Waals surface area contributed by atoms with Gasteiger partial charge in [0.1, 0.15) is 11.3 Å². The van der Waals surface area contributed by atoms with Crippen LogP contribution in [-0.4, -0.2) is 38.3 Å². The molecule has 1 N–H and O–H groups in total. The Hall–Kier alpha value is -2.60. The summed E-state index contributed by atoms with van der Waals surface area (Å²) in [4.78, 5) is 27.5. The summed E-state index contributed by atoms with van der Waals surface area (Å²) in [5, 5.41) is 3.01. The van der Waals surface area contributed by atoms with Crippen LogP contribution in [0.15, 0.2) is 45.6 Å². The number of hydrogen-bond acceptors (Lipinski definition) is 5. The summed E-state index contributed by atoms with van der Waals surface area (Å²) in [5.74, 6) is 0.509. The average Bonchev–Trinajstić information content (AvgIpc) is 3.17. The van der Waals surface area contributed by atoms with Gasteiger partial charge >= 0.3 is 5.63 Å². The first-order valence-electron chi connectivity index (χ1n) is 9.95. The van der Waals surface area contributed by atoms with E-state index in [2.05, 4.69) is 22.3 Å². The van der Waals surface area contributed by atoms with Crippen molar-refractivity contribution in [3.8, 4) is 0 Å². The molecule has 1 atom stereocenters. The second-order valence-corrected chi connectivity index (χ2v) is 7.62. The molecule has 1 aromatic carbocycles. The first kappa shape index (κ1) is 18.7. The van der Waals surface area contributed by atoms with Crippen LogP contribution in [0.4, 0.5) is 5.69 Å². The highest BCUT2D eigenvalue weighted by atomic mass is 16.5. The maximum atomic E-state index is 12.8. The van der Waals surface area contributed by atoms with Crippen LogP contribution in [0, 0.1) is 6.92 Å². The fraction of sp³-hybridized carbons (Fsp3) is 0.455. The zero-order valence-corrected chi connectivity index (χ0v) is 16.1. The molecule has 0 spiro atoms. The summed E-state index contributed by atoms with van der Waals surface area (Å²) in [6.45, 7) is 4.77. The van der Waals surface area contributed by atoms with Gasteiger partial charge in [-0.25, -0.2) is 4.79 Å². The molecule has 0 saturated carbocycles. The zero-order valence-electron chi connectivity index (χ0n) is 16.1. The van der Waals surface area contributed by atoms with Gasteiger partial charge in [-0.2, -0.15) is 0 Å². The molecule has 6 heteroatoms. The average molecular weight is 382 g/mol. The third-order valence-electron chi connectivity index (χ3n) is 5.66. The third-order valence-corrected chi connectivity index (χ3v) is 5.66. The number of hydrogen-bond donors (Lipinski definition) is 1. The number of aryl methyl sites for hydroxylation is 1. The number of nitrogens with one attached hydrogen (secondary N) is 1. The fourth-order valence-corrected chi connectivity index (χ4v) is 4.10. The number of nitrogens with zero attached hydrogens (tertiary/aromatic N) is 1. The molecule has 2 fully saturated rings. The van der Waals surface area contributed by atoms with Gasteiger partial charge in [0.05, 0.1) is 0 Å². The molecule has 2 saturated heterocycles. The summed E-state index contributed by atoms with van der Waals surface area (Å²) in [7, 11) is 0. The molecule has 2 aliphatic rings. The number of ether oxygens (including phenoxy) is 1. The van der Waals surface area contributed by atoms with E-state index in [4.69, 9.17) is 9.15 Å². The Morgan fingerprint density at radius 2 is 1.89 bits per heavy atom. The lowest BCUT2D eigenvalue weighted by molar-refractivity contribution is 0.0795. The second-order valence-electron chi connectivity index (χ2n) is 7.62. The highest BCUT2D eigenvalue weighted by molar-refractivity contribution is 5.95. The van der Waals surface area contributed by atoms with Gasteiger partial charge in [0, 0.05) is 44.0 Å². The molecule has 4 rings (SSSR count). The van der Waals surface area contributed by atoms with Gasteiger partial charge in [-0.3, -0.25) is 4.79 Å². The number of carbonyl (C=O) groups is 1. The van der Waals surface area contributed by atoms with Crippen molar-refractivity contribution >= 4 is 11.6 Å². The molecule has 2 aliphatic heterocycles. The van der Waals surface area contributed by atoms with Crippen LogP contribution in [0.25, 0.3) is 0 Å². The van der Waals surface area contributed by atoms with Crippen molar-refractivity contribution in [1.29, 1.82) is 0 Å². The highest BCUT2D eigenvalue weighted by Gasteiger charge is 2.27. The molecular formula is C22H26N2O4. The minimum Gasteiger partial charge on any atom is -0.427 e. The van der Waals surface area contributed by atoms with Crippen molar-refractivity contribution in [1.82, 2.24) is 5.32 Å². The molecule has 1 aromatic heterocycles.